The van der Waals surface area contributed by atoms with Crippen molar-refractivity contribution in [3.63, 3.8) is 0 Å². The van der Waals surface area contributed by atoms with Crippen LogP contribution in [0.2, 0.25) is 5.15 Å². The molecule has 0 spiro atoms. The lowest BCUT2D eigenvalue weighted by Gasteiger charge is -2.07. The molecule has 4 heteroatoms. The SMILES string of the molecule is Cc1ccccc1Sc1ncnc(Cl)c1C. The second-order valence-corrected chi connectivity index (χ2v) is 4.85. The van der Waals surface area contributed by atoms with Gasteiger partial charge in [-0.1, -0.05) is 41.6 Å². The van der Waals surface area contributed by atoms with Gasteiger partial charge in [0, 0.05) is 10.5 Å². The van der Waals surface area contributed by atoms with Gasteiger partial charge in [-0.25, -0.2) is 9.97 Å². The van der Waals surface area contributed by atoms with Crippen LogP contribution in [-0.4, -0.2) is 9.97 Å². The Morgan fingerprint density at radius 3 is 2.62 bits per heavy atom. The van der Waals surface area contributed by atoms with Crippen LogP contribution in [0.25, 0.3) is 0 Å². The minimum atomic E-state index is 0.520. The molecule has 0 saturated carbocycles. The Bertz CT molecular complexity index is 514. The topological polar surface area (TPSA) is 25.8 Å². The second-order valence-electron chi connectivity index (χ2n) is 3.46. The van der Waals surface area contributed by atoms with Crippen molar-refractivity contribution in [3.05, 3.63) is 46.9 Å². The van der Waals surface area contributed by atoms with E-state index < -0.39 is 0 Å². The monoisotopic (exact) mass is 250 g/mol. The zero-order valence-electron chi connectivity index (χ0n) is 9.07. The van der Waals surface area contributed by atoms with Gasteiger partial charge < -0.3 is 0 Å². The van der Waals surface area contributed by atoms with Gasteiger partial charge in [0.25, 0.3) is 0 Å². The molecule has 1 heterocycles. The summed E-state index contributed by atoms with van der Waals surface area (Å²) < 4.78 is 0. The summed E-state index contributed by atoms with van der Waals surface area (Å²) in [5, 5.41) is 1.43. The molecular formula is C12H11ClN2S. The summed E-state index contributed by atoms with van der Waals surface area (Å²) in [6.45, 7) is 4.02. The Morgan fingerprint density at radius 2 is 1.88 bits per heavy atom. The van der Waals surface area contributed by atoms with Crippen molar-refractivity contribution in [3.8, 4) is 0 Å². The van der Waals surface area contributed by atoms with E-state index in [1.807, 2.05) is 19.1 Å². The number of halogens is 1. The molecule has 1 aromatic carbocycles. The molecule has 1 aromatic heterocycles. The number of rotatable bonds is 2. The van der Waals surface area contributed by atoms with E-state index in [0.29, 0.717) is 5.15 Å². The van der Waals surface area contributed by atoms with Gasteiger partial charge in [0.05, 0.1) is 0 Å². The number of hydrogen-bond donors (Lipinski definition) is 0. The van der Waals surface area contributed by atoms with Gasteiger partial charge in [0.2, 0.25) is 0 Å². The minimum Gasteiger partial charge on any atom is -0.229 e. The molecule has 2 aromatic rings. The molecule has 2 rings (SSSR count). The largest absolute Gasteiger partial charge is 0.229 e. The standard InChI is InChI=1S/C12H11ClN2S/c1-8-5-3-4-6-10(8)16-12-9(2)11(13)14-7-15-12/h3-7H,1-2H3. The Hall–Kier alpha value is -1.06. The van der Waals surface area contributed by atoms with Crippen molar-refractivity contribution >= 4 is 23.4 Å². The van der Waals surface area contributed by atoms with Crippen LogP contribution in [0.5, 0.6) is 0 Å². The van der Waals surface area contributed by atoms with Gasteiger partial charge in [0.15, 0.2) is 0 Å². The minimum absolute atomic E-state index is 0.520. The smallest absolute Gasteiger partial charge is 0.136 e. The average molecular weight is 251 g/mol. The fourth-order valence-electron chi connectivity index (χ4n) is 1.29. The van der Waals surface area contributed by atoms with E-state index in [4.69, 9.17) is 11.6 Å². The van der Waals surface area contributed by atoms with Gasteiger partial charge in [-0.3, -0.25) is 0 Å². The lowest BCUT2D eigenvalue weighted by atomic mass is 10.2. The molecule has 0 aliphatic rings. The molecule has 0 N–H and O–H groups in total. The molecular weight excluding hydrogens is 240 g/mol. The summed E-state index contributed by atoms with van der Waals surface area (Å²) in [7, 11) is 0. The molecule has 0 atom stereocenters. The highest BCUT2D eigenvalue weighted by Crippen LogP contribution is 2.32. The van der Waals surface area contributed by atoms with Crippen molar-refractivity contribution in [2.75, 3.05) is 0 Å². The van der Waals surface area contributed by atoms with Crippen molar-refractivity contribution in [2.45, 2.75) is 23.8 Å². The number of aromatic nitrogens is 2. The van der Waals surface area contributed by atoms with Crippen molar-refractivity contribution < 1.29 is 0 Å². The third-order valence-electron chi connectivity index (χ3n) is 2.28. The number of nitrogens with zero attached hydrogens (tertiary/aromatic N) is 2. The summed E-state index contributed by atoms with van der Waals surface area (Å²) in [5.41, 5.74) is 2.17. The van der Waals surface area contributed by atoms with Crippen LogP contribution < -0.4 is 0 Å². The van der Waals surface area contributed by atoms with Crippen LogP contribution in [0.3, 0.4) is 0 Å². The van der Waals surface area contributed by atoms with Gasteiger partial charge in [0.1, 0.15) is 16.5 Å². The van der Waals surface area contributed by atoms with Crippen molar-refractivity contribution in [1.29, 1.82) is 0 Å². The van der Waals surface area contributed by atoms with Crippen LogP contribution in [-0.2, 0) is 0 Å². The summed E-state index contributed by atoms with van der Waals surface area (Å²) in [6.07, 6.45) is 1.50. The summed E-state index contributed by atoms with van der Waals surface area (Å²) in [4.78, 5) is 9.38. The highest BCUT2D eigenvalue weighted by atomic mass is 35.5. The maximum absolute atomic E-state index is 5.96. The summed E-state index contributed by atoms with van der Waals surface area (Å²) in [5.74, 6) is 0. The van der Waals surface area contributed by atoms with Crippen LogP contribution in [0.4, 0.5) is 0 Å². The quantitative estimate of drug-likeness (QED) is 0.756. The van der Waals surface area contributed by atoms with Crippen LogP contribution in [0.1, 0.15) is 11.1 Å². The third-order valence-corrected chi connectivity index (χ3v) is 3.94. The first kappa shape index (κ1) is 11.4. The van der Waals surface area contributed by atoms with E-state index in [-0.39, 0.29) is 0 Å². The second kappa shape index (κ2) is 4.85. The molecule has 2 nitrogen and oxygen atoms in total. The predicted molar refractivity (Wildman–Crippen MR) is 67.1 cm³/mol. The van der Waals surface area contributed by atoms with Crippen LogP contribution in [0.15, 0.2) is 40.5 Å². The van der Waals surface area contributed by atoms with Crippen LogP contribution >= 0.6 is 23.4 Å². The zero-order chi connectivity index (χ0) is 11.5. The molecule has 0 radical (unpaired) electrons. The highest BCUT2D eigenvalue weighted by Gasteiger charge is 2.07. The number of benzene rings is 1. The highest BCUT2D eigenvalue weighted by molar-refractivity contribution is 7.99. The lowest BCUT2D eigenvalue weighted by Crippen LogP contribution is -1.90. The summed E-state index contributed by atoms with van der Waals surface area (Å²) >= 11 is 7.57. The molecule has 16 heavy (non-hydrogen) atoms. The Morgan fingerprint density at radius 1 is 1.12 bits per heavy atom. The first-order chi connectivity index (χ1) is 7.68. The fraction of sp³-hybridized carbons (Fsp3) is 0.167. The van der Waals surface area contributed by atoms with Crippen molar-refractivity contribution in [1.82, 2.24) is 9.97 Å². The van der Waals surface area contributed by atoms with Gasteiger partial charge in [-0.2, -0.15) is 0 Å². The predicted octanol–water partition coefficient (Wildman–Crippen LogP) is 3.90. The Balaban J connectivity index is 2.35. The third kappa shape index (κ3) is 2.36. The molecule has 0 aliphatic heterocycles. The Kier molecular flexibility index (Phi) is 3.46. The maximum atomic E-state index is 5.96. The normalized spacial score (nSPS) is 10.4. The summed E-state index contributed by atoms with van der Waals surface area (Å²) in [6, 6.07) is 8.21. The number of hydrogen-bond acceptors (Lipinski definition) is 3. The molecule has 0 amide bonds. The molecule has 0 fully saturated rings. The van der Waals surface area contributed by atoms with Gasteiger partial charge >= 0.3 is 0 Å². The number of aryl methyl sites for hydroxylation is 1. The Labute approximate surface area is 104 Å². The zero-order valence-corrected chi connectivity index (χ0v) is 10.6. The van der Waals surface area contributed by atoms with E-state index in [9.17, 15) is 0 Å². The van der Waals surface area contributed by atoms with E-state index in [1.165, 1.54) is 16.8 Å². The van der Waals surface area contributed by atoms with E-state index in [1.54, 1.807) is 11.8 Å². The van der Waals surface area contributed by atoms with Gasteiger partial charge in [-0.15, -0.1) is 0 Å². The van der Waals surface area contributed by atoms with Gasteiger partial charge in [-0.05, 0) is 25.5 Å². The lowest BCUT2D eigenvalue weighted by molar-refractivity contribution is 1.00. The average Bonchev–Trinajstić information content (AvgIpc) is 2.28. The molecule has 0 saturated heterocycles. The van der Waals surface area contributed by atoms with E-state index >= 15 is 0 Å². The first-order valence-corrected chi connectivity index (χ1v) is 6.08. The molecule has 82 valence electrons. The van der Waals surface area contributed by atoms with Crippen molar-refractivity contribution in [2.24, 2.45) is 0 Å². The van der Waals surface area contributed by atoms with E-state index in [2.05, 4.69) is 29.0 Å². The fourth-order valence-corrected chi connectivity index (χ4v) is 2.41. The van der Waals surface area contributed by atoms with Crippen LogP contribution in [0, 0.1) is 13.8 Å². The molecule has 0 unspecified atom stereocenters. The first-order valence-electron chi connectivity index (χ1n) is 4.89. The van der Waals surface area contributed by atoms with E-state index in [0.717, 1.165) is 10.6 Å². The molecule has 0 aliphatic carbocycles. The maximum Gasteiger partial charge on any atom is 0.136 e. The molecule has 0 bridgehead atoms.